The highest BCUT2D eigenvalue weighted by atomic mass is 16.3. The van der Waals surface area contributed by atoms with Crippen molar-refractivity contribution in [2.45, 2.75) is 53.9 Å². The minimum Gasteiger partial charge on any atom is -0.507 e. The molecule has 0 atom stereocenters. The van der Waals surface area contributed by atoms with Gasteiger partial charge in [0, 0.05) is 49.9 Å². The molecule has 0 aliphatic carbocycles. The zero-order valence-corrected chi connectivity index (χ0v) is 20.1. The molecule has 1 saturated heterocycles. The number of aromatic nitrogens is 2. The number of rotatable bonds is 3. The van der Waals surface area contributed by atoms with E-state index in [0.717, 1.165) is 56.0 Å². The van der Waals surface area contributed by atoms with Crippen molar-refractivity contribution in [2.75, 3.05) is 26.2 Å². The largest absolute Gasteiger partial charge is 0.507 e. The summed E-state index contributed by atoms with van der Waals surface area (Å²) in [6.45, 7) is 14.2. The van der Waals surface area contributed by atoms with Gasteiger partial charge in [-0.1, -0.05) is 52.7 Å². The number of benzene rings is 1. The monoisotopic (exact) mass is 438 g/mol. The molecule has 0 saturated carbocycles. The van der Waals surface area contributed by atoms with E-state index < -0.39 is 0 Å². The van der Waals surface area contributed by atoms with Gasteiger partial charge in [0.15, 0.2) is 0 Å². The number of nitrogens with zero attached hydrogens (tertiary/aromatic N) is 4. The van der Waals surface area contributed by atoms with Gasteiger partial charge in [0.05, 0.1) is 11.9 Å². The molecule has 0 unspecified atom stereocenters. The number of aromatic hydroxyl groups is 1. The van der Waals surface area contributed by atoms with Gasteiger partial charge in [-0.05, 0) is 30.2 Å². The van der Waals surface area contributed by atoms with E-state index in [-0.39, 0.29) is 5.75 Å². The molecule has 0 radical (unpaired) electrons. The van der Waals surface area contributed by atoms with Gasteiger partial charge < -0.3 is 15.3 Å². The summed E-state index contributed by atoms with van der Waals surface area (Å²) in [6, 6.07) is 5.60. The average Bonchev–Trinajstić information content (AvgIpc) is 3.29. The van der Waals surface area contributed by atoms with Gasteiger partial charge in [0.1, 0.15) is 11.6 Å². The van der Waals surface area contributed by atoms with Gasteiger partial charge in [-0.15, -0.1) is 10.2 Å². The molecule has 7 nitrogen and oxygen atoms in total. The fourth-order valence-corrected chi connectivity index (χ4v) is 3.42. The highest BCUT2D eigenvalue weighted by Gasteiger charge is 2.19. The summed E-state index contributed by atoms with van der Waals surface area (Å²) in [5, 5.41) is 29.7. The third-order valence-electron chi connectivity index (χ3n) is 5.04. The summed E-state index contributed by atoms with van der Waals surface area (Å²) in [5.41, 5.74) is 4.50. The lowest BCUT2D eigenvalue weighted by atomic mass is 10.00. The molecule has 3 heterocycles. The highest BCUT2D eigenvalue weighted by molar-refractivity contribution is 6.12. The molecule has 1 aromatic carbocycles. The molecule has 1 aromatic heterocycles. The molecule has 3 N–H and O–H groups in total. The Morgan fingerprint density at radius 2 is 1.75 bits per heavy atom. The predicted molar refractivity (Wildman–Crippen MR) is 134 cm³/mol. The number of allylic oxidation sites excluding steroid dienone is 1. The van der Waals surface area contributed by atoms with E-state index >= 15 is 0 Å². The van der Waals surface area contributed by atoms with Crippen LogP contribution in [0.4, 0.5) is 0 Å². The van der Waals surface area contributed by atoms with Crippen LogP contribution in [0.2, 0.25) is 0 Å². The zero-order chi connectivity index (χ0) is 23.3. The summed E-state index contributed by atoms with van der Waals surface area (Å²) in [7, 11) is 0. The Morgan fingerprint density at radius 3 is 2.34 bits per heavy atom. The molecule has 0 bridgehead atoms. The lowest BCUT2D eigenvalue weighted by Crippen LogP contribution is -2.46. The van der Waals surface area contributed by atoms with Crippen molar-refractivity contribution in [3.63, 3.8) is 0 Å². The van der Waals surface area contributed by atoms with Crippen LogP contribution in [0, 0.1) is 0 Å². The summed E-state index contributed by atoms with van der Waals surface area (Å²) >= 11 is 0. The third-order valence-corrected chi connectivity index (χ3v) is 5.04. The molecule has 4 rings (SSSR count). The average molecular weight is 439 g/mol. The Kier molecular flexibility index (Phi) is 10.7. The number of H-pyrrole nitrogens is 1. The second kappa shape index (κ2) is 13.5. The van der Waals surface area contributed by atoms with Gasteiger partial charge in [0.2, 0.25) is 0 Å². The van der Waals surface area contributed by atoms with Crippen LogP contribution >= 0.6 is 0 Å². The number of phenols is 1. The van der Waals surface area contributed by atoms with E-state index in [2.05, 4.69) is 57.5 Å². The first-order valence-electron chi connectivity index (χ1n) is 11.8. The molecule has 32 heavy (non-hydrogen) atoms. The number of phenolic OH excluding ortho intramolecular Hbond substituents is 1. The van der Waals surface area contributed by atoms with Crippen LogP contribution in [0.15, 0.2) is 52.4 Å². The van der Waals surface area contributed by atoms with Crippen LogP contribution < -0.4 is 5.32 Å². The first-order chi connectivity index (χ1) is 15.7. The second-order valence-electron chi connectivity index (χ2n) is 7.50. The Labute approximate surface area is 192 Å². The van der Waals surface area contributed by atoms with Crippen LogP contribution in [0.3, 0.4) is 0 Å². The molecule has 0 spiro atoms. The molecule has 2 aromatic rings. The van der Waals surface area contributed by atoms with E-state index in [1.165, 1.54) is 12.0 Å². The number of aromatic amines is 1. The quantitative estimate of drug-likeness (QED) is 0.631. The minimum atomic E-state index is 0.194. The van der Waals surface area contributed by atoms with Crippen LogP contribution in [0.5, 0.6) is 5.75 Å². The van der Waals surface area contributed by atoms with E-state index in [9.17, 15) is 5.11 Å². The van der Waals surface area contributed by atoms with Crippen molar-refractivity contribution in [1.29, 1.82) is 0 Å². The zero-order valence-electron chi connectivity index (χ0n) is 20.1. The van der Waals surface area contributed by atoms with Crippen molar-refractivity contribution < 1.29 is 5.11 Å². The summed E-state index contributed by atoms with van der Waals surface area (Å²) in [4.78, 5) is 2.30. The van der Waals surface area contributed by atoms with Gasteiger partial charge in [-0.2, -0.15) is 5.10 Å². The first-order valence-corrected chi connectivity index (χ1v) is 11.8. The molecule has 1 fully saturated rings. The molecule has 2 aliphatic heterocycles. The SMILES string of the molecule is CC.CCC.CCC1=CC(c2ccc(-c3cn[nH]c3)cc2O)=NN=C(N2CCNCC2)C1. The number of nitrogens with one attached hydrogen (secondary N) is 2. The normalized spacial score (nSPS) is 15.8. The summed E-state index contributed by atoms with van der Waals surface area (Å²) in [5.74, 6) is 1.20. The lowest BCUT2D eigenvalue weighted by Gasteiger charge is -2.29. The molecule has 0 amide bonds. The van der Waals surface area contributed by atoms with E-state index in [0.29, 0.717) is 11.3 Å². The fourth-order valence-electron chi connectivity index (χ4n) is 3.42. The van der Waals surface area contributed by atoms with Gasteiger partial charge in [-0.25, -0.2) is 0 Å². The molecule has 7 heteroatoms. The maximum atomic E-state index is 10.6. The number of hydrogen-bond acceptors (Lipinski definition) is 6. The summed E-state index contributed by atoms with van der Waals surface area (Å²) < 4.78 is 0. The van der Waals surface area contributed by atoms with E-state index in [1.54, 1.807) is 18.5 Å². The molecule has 174 valence electrons. The number of hydrogen-bond donors (Lipinski definition) is 3. The van der Waals surface area contributed by atoms with E-state index in [4.69, 9.17) is 0 Å². The van der Waals surface area contributed by atoms with Crippen LogP contribution in [0.1, 0.15) is 59.4 Å². The van der Waals surface area contributed by atoms with Crippen molar-refractivity contribution in [1.82, 2.24) is 20.4 Å². The van der Waals surface area contributed by atoms with Crippen molar-refractivity contribution in [2.24, 2.45) is 10.2 Å². The Balaban J connectivity index is 0.000000671. The number of piperazine rings is 1. The van der Waals surface area contributed by atoms with Crippen molar-refractivity contribution in [3.8, 4) is 16.9 Å². The van der Waals surface area contributed by atoms with Crippen LogP contribution in [0.25, 0.3) is 11.1 Å². The maximum Gasteiger partial charge on any atom is 0.131 e. The smallest absolute Gasteiger partial charge is 0.131 e. The minimum absolute atomic E-state index is 0.194. The summed E-state index contributed by atoms with van der Waals surface area (Å²) in [6.07, 6.45) is 8.58. The third kappa shape index (κ3) is 6.79. The van der Waals surface area contributed by atoms with Crippen molar-refractivity contribution >= 4 is 11.5 Å². The maximum absolute atomic E-state index is 10.6. The van der Waals surface area contributed by atoms with Gasteiger partial charge in [0.25, 0.3) is 0 Å². The fraction of sp³-hybridized carbons (Fsp3) is 0.480. The highest BCUT2D eigenvalue weighted by Crippen LogP contribution is 2.28. The molecular formula is C25H38N6O. The Morgan fingerprint density at radius 1 is 1.03 bits per heavy atom. The van der Waals surface area contributed by atoms with Crippen molar-refractivity contribution in [3.05, 3.63) is 47.8 Å². The molecule has 2 aliphatic rings. The van der Waals surface area contributed by atoms with Gasteiger partial charge in [-0.3, -0.25) is 5.10 Å². The Bertz CT molecular complexity index is 909. The first kappa shape index (κ1) is 25.3. The second-order valence-corrected chi connectivity index (χ2v) is 7.50. The van der Waals surface area contributed by atoms with Crippen LogP contribution in [-0.2, 0) is 0 Å². The van der Waals surface area contributed by atoms with Crippen LogP contribution in [-0.4, -0.2) is 57.9 Å². The number of amidine groups is 1. The van der Waals surface area contributed by atoms with Gasteiger partial charge >= 0.3 is 0 Å². The predicted octanol–water partition coefficient (Wildman–Crippen LogP) is 4.97. The van der Waals surface area contributed by atoms with E-state index in [1.807, 2.05) is 26.0 Å². The Hall–Kier alpha value is -2.93. The topological polar surface area (TPSA) is 88.9 Å². The lowest BCUT2D eigenvalue weighted by molar-refractivity contribution is 0.352. The standard InChI is InChI=1S/C20H24N6O.C3H8.C2H6/c1-2-14-9-18(24-25-20(10-14)26-7-5-21-6-8-26)17-4-3-15(11-19(17)27)16-12-22-23-13-16;1-3-2;1-2/h3-4,9,11-13,21,27H,2,5-8,10H2,1H3,(H,22,23);3H2,1-2H3;1-2H3. The molecular weight excluding hydrogens is 400 g/mol.